The Kier molecular flexibility index (Phi) is 4.42. The fraction of sp³-hybridized carbons (Fsp3) is 0.556. The van der Waals surface area contributed by atoms with Crippen molar-refractivity contribution in [3.8, 4) is 0 Å². The summed E-state index contributed by atoms with van der Waals surface area (Å²) in [4.78, 5) is 14.4. The van der Waals surface area contributed by atoms with E-state index in [4.69, 9.17) is 0 Å². The molecule has 0 aliphatic carbocycles. The average Bonchev–Trinajstić information content (AvgIpc) is 1.85. The van der Waals surface area contributed by atoms with Gasteiger partial charge in [0.1, 0.15) is 6.29 Å². The van der Waals surface area contributed by atoms with E-state index in [1.54, 1.807) is 0 Å². The highest BCUT2D eigenvalue weighted by atomic mass is 16.1. The molecule has 0 fully saturated rings. The molecule has 62 valence electrons. The molecule has 0 N–H and O–H groups in total. The standard InChI is InChI=1S/C9H15NO/c1-7(2)10-9(4)5-8(3)6-11/h6,9H,3,5H2,1-2,4H3. The first-order chi connectivity index (χ1) is 5.06. The highest BCUT2D eigenvalue weighted by molar-refractivity contribution is 5.79. The van der Waals surface area contributed by atoms with E-state index in [1.165, 1.54) is 0 Å². The van der Waals surface area contributed by atoms with Crippen molar-refractivity contribution in [2.24, 2.45) is 4.99 Å². The fourth-order valence-corrected chi connectivity index (χ4v) is 0.914. The minimum absolute atomic E-state index is 0.178. The monoisotopic (exact) mass is 153 g/mol. The summed E-state index contributed by atoms with van der Waals surface area (Å²) >= 11 is 0. The fourth-order valence-electron chi connectivity index (χ4n) is 0.914. The maximum Gasteiger partial charge on any atom is 0.145 e. The summed E-state index contributed by atoms with van der Waals surface area (Å²) in [7, 11) is 0. The van der Waals surface area contributed by atoms with E-state index < -0.39 is 0 Å². The predicted octanol–water partition coefficient (Wildman–Crippen LogP) is 2.00. The molecule has 0 aliphatic heterocycles. The lowest BCUT2D eigenvalue weighted by Crippen LogP contribution is -2.02. The van der Waals surface area contributed by atoms with E-state index in [1.807, 2.05) is 20.8 Å². The molecule has 1 unspecified atom stereocenters. The Morgan fingerprint density at radius 3 is 2.55 bits per heavy atom. The number of rotatable bonds is 4. The van der Waals surface area contributed by atoms with Gasteiger partial charge >= 0.3 is 0 Å². The highest BCUT2D eigenvalue weighted by Crippen LogP contribution is 2.03. The summed E-state index contributed by atoms with van der Waals surface area (Å²) in [5.74, 6) is 0. The van der Waals surface area contributed by atoms with Gasteiger partial charge < -0.3 is 0 Å². The van der Waals surface area contributed by atoms with Crippen molar-refractivity contribution >= 4 is 12.0 Å². The molecule has 2 nitrogen and oxygen atoms in total. The smallest absolute Gasteiger partial charge is 0.145 e. The van der Waals surface area contributed by atoms with Gasteiger partial charge in [0, 0.05) is 5.71 Å². The van der Waals surface area contributed by atoms with Crippen molar-refractivity contribution < 1.29 is 4.79 Å². The van der Waals surface area contributed by atoms with Gasteiger partial charge in [-0.1, -0.05) is 6.58 Å². The van der Waals surface area contributed by atoms with E-state index in [-0.39, 0.29) is 6.04 Å². The number of aldehydes is 1. The molecular weight excluding hydrogens is 138 g/mol. The van der Waals surface area contributed by atoms with Crippen LogP contribution in [-0.2, 0) is 4.79 Å². The third-order valence-corrected chi connectivity index (χ3v) is 1.20. The highest BCUT2D eigenvalue weighted by Gasteiger charge is 2.00. The minimum atomic E-state index is 0.178. The van der Waals surface area contributed by atoms with Crippen LogP contribution in [0.25, 0.3) is 0 Å². The Balaban J connectivity index is 3.87. The quantitative estimate of drug-likeness (QED) is 0.345. The number of carbonyl (C=O) groups is 1. The third-order valence-electron chi connectivity index (χ3n) is 1.20. The van der Waals surface area contributed by atoms with Gasteiger partial charge in [0.15, 0.2) is 0 Å². The van der Waals surface area contributed by atoms with Crippen LogP contribution in [0.2, 0.25) is 0 Å². The van der Waals surface area contributed by atoms with Crippen molar-refractivity contribution in [2.75, 3.05) is 0 Å². The largest absolute Gasteiger partial charge is 0.298 e. The molecule has 0 amide bonds. The van der Waals surface area contributed by atoms with Crippen LogP contribution in [0.15, 0.2) is 17.1 Å². The molecule has 0 rings (SSSR count). The number of hydrogen-bond acceptors (Lipinski definition) is 2. The Hall–Kier alpha value is -0.920. The first-order valence-electron chi connectivity index (χ1n) is 3.70. The maximum absolute atomic E-state index is 10.2. The third kappa shape index (κ3) is 5.52. The van der Waals surface area contributed by atoms with Crippen LogP contribution >= 0.6 is 0 Å². The van der Waals surface area contributed by atoms with Crippen LogP contribution in [-0.4, -0.2) is 18.0 Å². The molecule has 0 aliphatic rings. The van der Waals surface area contributed by atoms with Gasteiger partial charge in [0.05, 0.1) is 6.04 Å². The zero-order chi connectivity index (χ0) is 8.85. The van der Waals surface area contributed by atoms with Crippen LogP contribution in [0.4, 0.5) is 0 Å². The molecule has 0 aromatic heterocycles. The lowest BCUT2D eigenvalue weighted by molar-refractivity contribution is -0.105. The molecule has 0 aromatic carbocycles. The topological polar surface area (TPSA) is 29.4 Å². The molecule has 11 heavy (non-hydrogen) atoms. The van der Waals surface area contributed by atoms with Gasteiger partial charge in [-0.15, -0.1) is 0 Å². The van der Waals surface area contributed by atoms with Gasteiger partial charge in [0.2, 0.25) is 0 Å². The summed E-state index contributed by atoms with van der Waals surface area (Å²) in [6.07, 6.45) is 1.45. The van der Waals surface area contributed by atoms with Gasteiger partial charge in [-0.2, -0.15) is 0 Å². The maximum atomic E-state index is 10.2. The molecule has 1 atom stereocenters. The van der Waals surface area contributed by atoms with Gasteiger partial charge in [-0.3, -0.25) is 9.79 Å². The Bertz CT molecular complexity index is 178. The first-order valence-corrected chi connectivity index (χ1v) is 3.70. The second-order valence-corrected chi connectivity index (χ2v) is 2.91. The van der Waals surface area contributed by atoms with Crippen molar-refractivity contribution in [1.29, 1.82) is 0 Å². The Morgan fingerprint density at radius 1 is 1.64 bits per heavy atom. The Labute approximate surface area is 68.0 Å². The van der Waals surface area contributed by atoms with Crippen molar-refractivity contribution in [2.45, 2.75) is 33.2 Å². The lowest BCUT2D eigenvalue weighted by atomic mass is 10.1. The van der Waals surface area contributed by atoms with Crippen LogP contribution in [0, 0.1) is 0 Å². The van der Waals surface area contributed by atoms with E-state index in [2.05, 4.69) is 11.6 Å². The molecule has 0 heterocycles. The van der Waals surface area contributed by atoms with Crippen LogP contribution < -0.4 is 0 Å². The normalized spacial score (nSPS) is 11.9. The summed E-state index contributed by atoms with van der Waals surface area (Å²) in [5.41, 5.74) is 1.65. The summed E-state index contributed by atoms with van der Waals surface area (Å²) < 4.78 is 0. The van der Waals surface area contributed by atoms with Crippen molar-refractivity contribution in [3.05, 3.63) is 12.2 Å². The summed E-state index contributed by atoms with van der Waals surface area (Å²) in [5, 5.41) is 0. The number of carbonyl (C=O) groups excluding carboxylic acids is 1. The molecule has 0 spiro atoms. The van der Waals surface area contributed by atoms with E-state index in [9.17, 15) is 4.79 Å². The minimum Gasteiger partial charge on any atom is -0.298 e. The predicted molar refractivity (Wildman–Crippen MR) is 48.1 cm³/mol. The molecular formula is C9H15NO. The molecule has 0 saturated carbocycles. The second kappa shape index (κ2) is 4.83. The van der Waals surface area contributed by atoms with Crippen molar-refractivity contribution in [1.82, 2.24) is 0 Å². The number of nitrogens with zero attached hydrogens (tertiary/aromatic N) is 1. The lowest BCUT2D eigenvalue weighted by Gasteiger charge is -2.04. The van der Waals surface area contributed by atoms with Gasteiger partial charge in [-0.05, 0) is 32.8 Å². The SMILES string of the molecule is C=C(C=O)CC(C)N=C(C)C. The van der Waals surface area contributed by atoms with E-state index in [0.717, 1.165) is 12.0 Å². The van der Waals surface area contributed by atoms with Crippen LogP contribution in [0.3, 0.4) is 0 Å². The summed E-state index contributed by atoms with van der Waals surface area (Å²) in [6.45, 7) is 9.45. The first kappa shape index (κ1) is 10.1. The van der Waals surface area contributed by atoms with Crippen molar-refractivity contribution in [3.63, 3.8) is 0 Å². The zero-order valence-electron chi connectivity index (χ0n) is 7.42. The molecule has 2 heteroatoms. The van der Waals surface area contributed by atoms with Gasteiger partial charge in [-0.25, -0.2) is 0 Å². The van der Waals surface area contributed by atoms with Gasteiger partial charge in [0.25, 0.3) is 0 Å². The molecule has 0 radical (unpaired) electrons. The molecule has 0 aromatic rings. The van der Waals surface area contributed by atoms with E-state index in [0.29, 0.717) is 12.0 Å². The number of aliphatic imine (C=N–C) groups is 1. The Morgan fingerprint density at radius 2 is 2.18 bits per heavy atom. The van der Waals surface area contributed by atoms with Crippen LogP contribution in [0.1, 0.15) is 27.2 Å². The number of hydrogen-bond donors (Lipinski definition) is 0. The average molecular weight is 153 g/mol. The zero-order valence-corrected chi connectivity index (χ0v) is 7.42. The molecule has 0 saturated heterocycles. The van der Waals surface area contributed by atoms with Crippen LogP contribution in [0.5, 0.6) is 0 Å². The van der Waals surface area contributed by atoms with E-state index >= 15 is 0 Å². The second-order valence-electron chi connectivity index (χ2n) is 2.91. The molecule has 0 bridgehead atoms. The summed E-state index contributed by atoms with van der Waals surface area (Å²) in [6, 6.07) is 0.178.